The Kier molecular flexibility index (Phi) is 10.0. The average Bonchev–Trinajstić information content (AvgIpc) is 3.33. The summed E-state index contributed by atoms with van der Waals surface area (Å²) in [7, 11) is 0. The van der Waals surface area contributed by atoms with Crippen LogP contribution in [0.3, 0.4) is 0 Å². The third kappa shape index (κ3) is 5.83. The van der Waals surface area contributed by atoms with Crippen molar-refractivity contribution in [2.45, 2.75) is 90.7 Å². The van der Waals surface area contributed by atoms with E-state index in [9.17, 15) is 19.5 Å². The Morgan fingerprint density at radius 2 is 1.88 bits per heavy atom. The van der Waals surface area contributed by atoms with Gasteiger partial charge in [-0.15, -0.1) is 18.3 Å². The Hall–Kier alpha value is -2.16. The van der Waals surface area contributed by atoms with Gasteiger partial charge in [0.1, 0.15) is 11.9 Å². The Bertz CT molecular complexity index is 1190. The molecule has 42 heavy (non-hydrogen) atoms. The van der Waals surface area contributed by atoms with Crippen LogP contribution in [0, 0.1) is 34.0 Å². The van der Waals surface area contributed by atoms with Gasteiger partial charge in [0.2, 0.25) is 5.91 Å². The van der Waals surface area contributed by atoms with Crippen LogP contribution in [0.4, 0.5) is 5.69 Å². The Morgan fingerprint density at radius 1 is 1.19 bits per heavy atom. The zero-order valence-corrected chi connectivity index (χ0v) is 27.1. The minimum absolute atomic E-state index is 0.0653. The molecule has 8 heteroatoms. The highest BCUT2D eigenvalue weighted by Gasteiger charge is 2.68. The fourth-order valence-corrected chi connectivity index (χ4v) is 9.16. The van der Waals surface area contributed by atoms with Crippen LogP contribution < -0.4 is 5.32 Å². The number of aliphatic hydroxyl groups excluding tert-OH is 1. The second-order valence-electron chi connectivity index (χ2n) is 13.4. The van der Waals surface area contributed by atoms with Crippen molar-refractivity contribution in [2.24, 2.45) is 34.0 Å². The van der Waals surface area contributed by atoms with Crippen molar-refractivity contribution in [3.63, 3.8) is 0 Å². The molecule has 8 atom stereocenters. The number of anilines is 1. The van der Waals surface area contributed by atoms with Gasteiger partial charge in [-0.3, -0.25) is 19.3 Å². The Morgan fingerprint density at radius 3 is 2.55 bits per heavy atom. The molecule has 232 valence electrons. The van der Waals surface area contributed by atoms with Crippen LogP contribution in [0.15, 0.2) is 41.8 Å². The van der Waals surface area contributed by atoms with E-state index in [-0.39, 0.29) is 46.6 Å². The van der Waals surface area contributed by atoms with E-state index in [1.54, 1.807) is 0 Å². The maximum atomic E-state index is 13.6. The van der Waals surface area contributed by atoms with Crippen molar-refractivity contribution in [3.05, 3.63) is 36.9 Å². The van der Waals surface area contributed by atoms with Crippen LogP contribution in [-0.4, -0.2) is 65.3 Å². The highest BCUT2D eigenvalue weighted by molar-refractivity contribution is 8.00. The summed E-state index contributed by atoms with van der Waals surface area (Å²) in [6.45, 7) is 18.5. The van der Waals surface area contributed by atoms with E-state index in [0.29, 0.717) is 25.1 Å². The largest absolute Gasteiger partial charge is 0.461 e. The molecule has 4 rings (SSSR count). The molecular formula is C34H50N2O5S. The molecule has 0 heterocycles. The number of Topliss-reactive ketones (excluding diaryl/α,β-unsaturated/α-hetero) is 1. The summed E-state index contributed by atoms with van der Waals surface area (Å²) in [6, 6.07) is 7.49. The number of likely N-dealkylation sites (N-methyl/N-ethyl adjacent to an activating group) is 1. The number of ether oxygens (including phenoxy) is 1. The summed E-state index contributed by atoms with van der Waals surface area (Å²) in [4.78, 5) is 42.7. The number of thioether (sulfide) groups is 1. The summed E-state index contributed by atoms with van der Waals surface area (Å²) in [5.41, 5.74) is -0.837. The van der Waals surface area contributed by atoms with Crippen LogP contribution >= 0.6 is 11.8 Å². The van der Waals surface area contributed by atoms with Gasteiger partial charge in [-0.25, -0.2) is 0 Å². The maximum absolute atomic E-state index is 13.6. The summed E-state index contributed by atoms with van der Waals surface area (Å²) in [6.07, 6.45) is 4.13. The van der Waals surface area contributed by atoms with Crippen LogP contribution in [0.2, 0.25) is 0 Å². The molecule has 1 aromatic rings. The molecule has 0 aromatic heterocycles. The number of aliphatic hydroxyl groups is 1. The van der Waals surface area contributed by atoms with Crippen molar-refractivity contribution in [2.75, 3.05) is 30.7 Å². The van der Waals surface area contributed by atoms with E-state index in [1.165, 1.54) is 11.8 Å². The van der Waals surface area contributed by atoms with E-state index in [2.05, 4.69) is 32.7 Å². The van der Waals surface area contributed by atoms with Gasteiger partial charge in [-0.05, 0) is 68.2 Å². The fourth-order valence-electron chi connectivity index (χ4n) is 8.37. The van der Waals surface area contributed by atoms with Crippen LogP contribution in [0.5, 0.6) is 0 Å². The number of hydrogen-bond donors (Lipinski definition) is 2. The maximum Gasteiger partial charge on any atom is 0.316 e. The van der Waals surface area contributed by atoms with Gasteiger partial charge in [-0.1, -0.05) is 59.8 Å². The predicted octanol–water partition coefficient (Wildman–Crippen LogP) is 5.97. The van der Waals surface area contributed by atoms with Gasteiger partial charge in [0.25, 0.3) is 0 Å². The summed E-state index contributed by atoms with van der Waals surface area (Å²) in [5, 5.41) is 14.7. The molecule has 3 saturated carbocycles. The molecule has 3 aliphatic rings. The molecule has 0 unspecified atom stereocenters. The molecule has 0 saturated heterocycles. The van der Waals surface area contributed by atoms with E-state index in [1.807, 2.05) is 56.0 Å². The second-order valence-corrected chi connectivity index (χ2v) is 14.4. The Labute approximate surface area is 256 Å². The smallest absolute Gasteiger partial charge is 0.316 e. The standard InChI is InChI=1S/C34H50N2O5S/c1-8-32(6)19-27(33(7)22(4)15-17-34(23(5)31(32)40)18-16-25(37)30(33)34)41-29(39)21-42-26-14-12-11-13-24(26)35-28(38)20-36(9-2)10-3/h8,11-14,22-23,27,30-31,40H,1,9-10,15-21H2,2-7H3,(H,35,38)/t22-,23+,27-,30+,31+,32-,33+,34+/m1/s1. The molecule has 7 nitrogen and oxygen atoms in total. The highest BCUT2D eigenvalue weighted by atomic mass is 32.2. The number of hydrogen-bond acceptors (Lipinski definition) is 7. The predicted molar refractivity (Wildman–Crippen MR) is 168 cm³/mol. The van der Waals surface area contributed by atoms with Crippen molar-refractivity contribution >= 4 is 35.1 Å². The highest BCUT2D eigenvalue weighted by Crippen LogP contribution is 2.68. The summed E-state index contributed by atoms with van der Waals surface area (Å²) >= 11 is 1.33. The number of rotatable bonds is 10. The van der Waals surface area contributed by atoms with Crippen molar-refractivity contribution in [1.29, 1.82) is 0 Å². The molecule has 3 aliphatic carbocycles. The number of carbonyl (C=O) groups excluding carboxylic acids is 3. The SMILES string of the molecule is C=C[C@]1(C)C[C@@H](OC(=O)CSc2ccccc2NC(=O)CN(CC)CC)[C@]2(C)[C@H](C)CC[C@]3(CCC(=O)[C@H]32)[C@@H](C)[C@@H]1O. The number of nitrogens with one attached hydrogen (secondary N) is 1. The quantitative estimate of drug-likeness (QED) is 0.195. The number of benzene rings is 1. The molecule has 0 aliphatic heterocycles. The minimum atomic E-state index is -0.691. The third-order valence-corrected chi connectivity index (χ3v) is 12.4. The zero-order valence-electron chi connectivity index (χ0n) is 26.3. The zero-order chi connectivity index (χ0) is 30.9. The molecule has 3 fully saturated rings. The van der Waals surface area contributed by atoms with Crippen molar-refractivity contribution in [3.8, 4) is 0 Å². The second kappa shape index (κ2) is 12.8. The van der Waals surface area contributed by atoms with Crippen molar-refractivity contribution < 1.29 is 24.2 Å². The van der Waals surface area contributed by atoms with E-state index >= 15 is 0 Å². The average molecular weight is 599 g/mol. The van der Waals surface area contributed by atoms with Gasteiger partial charge < -0.3 is 15.2 Å². The minimum Gasteiger partial charge on any atom is -0.461 e. The first-order chi connectivity index (χ1) is 19.9. The first-order valence-corrected chi connectivity index (χ1v) is 16.6. The van der Waals surface area contributed by atoms with E-state index < -0.39 is 23.0 Å². The number of amides is 1. The number of para-hydroxylation sites is 1. The normalized spacial score (nSPS) is 36.1. The first-order valence-electron chi connectivity index (χ1n) is 15.6. The molecule has 2 bridgehead atoms. The van der Waals surface area contributed by atoms with E-state index in [0.717, 1.165) is 37.2 Å². The number of carbonyl (C=O) groups is 3. The Balaban J connectivity index is 1.56. The first kappa shape index (κ1) is 32.7. The lowest BCUT2D eigenvalue weighted by molar-refractivity contribution is -0.205. The van der Waals surface area contributed by atoms with Crippen LogP contribution in [0.1, 0.15) is 73.6 Å². The van der Waals surface area contributed by atoms with E-state index in [4.69, 9.17) is 4.74 Å². The lowest BCUT2D eigenvalue weighted by atomic mass is 9.44. The topological polar surface area (TPSA) is 95.9 Å². The number of nitrogens with zero attached hydrogens (tertiary/aromatic N) is 1. The van der Waals surface area contributed by atoms with Crippen LogP contribution in [0.25, 0.3) is 0 Å². The number of ketones is 1. The van der Waals surface area contributed by atoms with Crippen LogP contribution in [-0.2, 0) is 19.1 Å². The molecule has 1 aromatic carbocycles. The molecule has 0 spiro atoms. The lowest BCUT2D eigenvalue weighted by Gasteiger charge is -2.61. The summed E-state index contributed by atoms with van der Waals surface area (Å²) < 4.78 is 6.38. The molecule has 0 radical (unpaired) electrons. The van der Waals surface area contributed by atoms with Gasteiger partial charge in [0.05, 0.1) is 24.1 Å². The van der Waals surface area contributed by atoms with Gasteiger partial charge in [0, 0.05) is 28.1 Å². The van der Waals surface area contributed by atoms with Gasteiger partial charge in [-0.2, -0.15) is 0 Å². The number of esters is 1. The van der Waals surface area contributed by atoms with Crippen molar-refractivity contribution in [1.82, 2.24) is 4.90 Å². The van der Waals surface area contributed by atoms with Gasteiger partial charge >= 0.3 is 5.97 Å². The summed E-state index contributed by atoms with van der Waals surface area (Å²) in [5.74, 6) is -0.277. The third-order valence-electron chi connectivity index (χ3n) is 11.3. The molecule has 2 N–H and O–H groups in total. The lowest BCUT2D eigenvalue weighted by Crippen LogP contribution is -2.63. The molecule has 1 amide bonds. The monoisotopic (exact) mass is 598 g/mol. The van der Waals surface area contributed by atoms with Gasteiger partial charge in [0.15, 0.2) is 0 Å². The molecular weight excluding hydrogens is 548 g/mol. The fraction of sp³-hybridized carbons (Fsp3) is 0.676.